The number of phenols is 2. The van der Waals surface area contributed by atoms with Crippen molar-refractivity contribution in [1.82, 2.24) is 0 Å². The smallest absolute Gasteiger partial charge is 0.342 e. The van der Waals surface area contributed by atoms with Crippen LogP contribution in [0.15, 0.2) is 157 Å². The van der Waals surface area contributed by atoms with Gasteiger partial charge in [0.2, 0.25) is 0 Å². The molecule has 2 aromatic rings. The Morgan fingerprint density at radius 2 is 0.802 bits per heavy atom. The van der Waals surface area contributed by atoms with E-state index in [9.17, 15) is 70.9 Å². The molecule has 0 amide bonds. The molecule has 0 fully saturated rings. The van der Waals surface area contributed by atoms with Gasteiger partial charge >= 0.3 is 11.9 Å². The number of allylic oxidation sites excluding steroid dienone is 16. The summed E-state index contributed by atoms with van der Waals surface area (Å²) in [5.41, 5.74) is 2.23. The molecule has 1 heterocycles. The van der Waals surface area contributed by atoms with Crippen LogP contribution >= 0.6 is 0 Å². The molecule has 18 heteroatoms. The number of cyclic esters (lactones) is 2. The van der Waals surface area contributed by atoms with Gasteiger partial charge in [0.05, 0.1) is 75.3 Å². The van der Waals surface area contributed by atoms with Crippen molar-refractivity contribution >= 4 is 24.1 Å². The Morgan fingerprint density at radius 3 is 1.14 bits per heavy atom. The molecule has 0 saturated heterocycles. The molecule has 12 unspecified atom stereocenters. The van der Waals surface area contributed by atoms with E-state index in [1.54, 1.807) is 109 Å². The number of aromatic hydroxyl groups is 2. The zero-order chi connectivity index (χ0) is 63.6. The molecular weight excluding hydrogens is 1100 g/mol. The van der Waals surface area contributed by atoms with Crippen molar-refractivity contribution in [3.05, 3.63) is 179 Å². The molecule has 0 aromatic heterocycles. The molecular formula is C68H92O18. The van der Waals surface area contributed by atoms with Gasteiger partial charge in [-0.2, -0.15) is 0 Å². The Hall–Kier alpha value is -6.94. The number of fused-ring (bicyclic) bond motifs is 2. The molecule has 1 aliphatic rings. The lowest BCUT2D eigenvalue weighted by molar-refractivity contribution is -0.00169. The van der Waals surface area contributed by atoms with Crippen LogP contribution in [0, 0.1) is 0 Å². The van der Waals surface area contributed by atoms with Crippen molar-refractivity contribution < 1.29 is 89.8 Å². The standard InChI is InChI=1S/C68H92O18/c1-45-23-17-13-9-7-11-15-19-25-49-35-57(77)43-63(83-5)65(49)67(81)86-62(34-48(4)70)42-54(74)30-22-28-52(72)38-60(80)40-56(76)32-46(2)24-18-14-10-8-12-16-20-26-50-36-58(78)44-64(84-6)66(50)68(82)85-61(33-47(3)69)41-53(73)29-21-27-51(71)37-59(79)39-55(75)31-45/h7-28,35-36,43-44,47-48,51-56,59-62,69-80H,29-34,37-42H2,1-6H3. The lowest BCUT2D eigenvalue weighted by Crippen LogP contribution is -2.27. The number of benzene rings is 2. The number of rotatable bonds is 6. The monoisotopic (exact) mass is 1200 g/mol. The van der Waals surface area contributed by atoms with Gasteiger partial charge in [-0.3, -0.25) is 0 Å². The molecule has 0 radical (unpaired) electrons. The number of aliphatic hydroxyl groups is 10. The SMILES string of the molecule is COc1cc(O)cc2c1C(=O)OC(CC(C)O)CC(O)CC=CC(O)CC(O)CC(O)CC(C)=CC=CC=CC=CC=Cc1cc(O)cc(OC)c1C(=O)OC(CC(C)O)CC(O)CC=CC(O)CC(O)CC(O)CC(C)=CC=CC=CC=CC=C2. The maximum atomic E-state index is 13.8. The summed E-state index contributed by atoms with van der Waals surface area (Å²) in [6, 6.07) is 5.27. The summed E-state index contributed by atoms with van der Waals surface area (Å²) >= 11 is 0. The molecule has 2 aromatic carbocycles. The first-order chi connectivity index (χ1) is 41.0. The molecule has 86 heavy (non-hydrogen) atoms. The lowest BCUT2D eigenvalue weighted by atomic mass is 9.99. The highest BCUT2D eigenvalue weighted by atomic mass is 16.6. The Morgan fingerprint density at radius 1 is 0.465 bits per heavy atom. The quantitative estimate of drug-likeness (QED) is 0.0951. The molecule has 3 rings (SSSR count). The van der Waals surface area contributed by atoms with E-state index in [1.165, 1.54) is 64.5 Å². The van der Waals surface area contributed by atoms with Gasteiger partial charge in [-0.25, -0.2) is 9.59 Å². The third-order valence-electron chi connectivity index (χ3n) is 13.3. The lowest BCUT2D eigenvalue weighted by Gasteiger charge is -2.23. The molecule has 12 N–H and O–H groups in total. The van der Waals surface area contributed by atoms with Gasteiger partial charge in [-0.1, -0.05) is 145 Å². The first-order valence-corrected chi connectivity index (χ1v) is 29.0. The highest BCUT2D eigenvalue weighted by Crippen LogP contribution is 2.33. The van der Waals surface area contributed by atoms with Crippen molar-refractivity contribution in [3.8, 4) is 23.0 Å². The number of ether oxygens (including phenoxy) is 4. The maximum absolute atomic E-state index is 13.8. The first-order valence-electron chi connectivity index (χ1n) is 29.0. The number of aliphatic hydroxyl groups excluding tert-OH is 10. The predicted molar refractivity (Wildman–Crippen MR) is 333 cm³/mol. The fourth-order valence-electron chi connectivity index (χ4n) is 9.40. The Kier molecular flexibility index (Phi) is 34.5. The molecule has 0 bridgehead atoms. The molecule has 472 valence electrons. The van der Waals surface area contributed by atoms with Crippen molar-refractivity contribution in [2.24, 2.45) is 0 Å². The zero-order valence-electron chi connectivity index (χ0n) is 50.2. The van der Waals surface area contributed by atoms with Gasteiger partial charge < -0.3 is 80.2 Å². The van der Waals surface area contributed by atoms with Gasteiger partial charge in [0.25, 0.3) is 0 Å². The number of hydrogen-bond acceptors (Lipinski definition) is 18. The fourth-order valence-corrected chi connectivity index (χ4v) is 9.40. The van der Waals surface area contributed by atoms with Gasteiger partial charge in [0.15, 0.2) is 0 Å². The fraction of sp³-hybridized carbons (Fsp3) is 0.441. The Bertz CT molecular complexity index is 2570. The second-order valence-electron chi connectivity index (χ2n) is 21.7. The number of carbonyl (C=O) groups is 2. The number of esters is 2. The van der Waals surface area contributed by atoms with Gasteiger partial charge in [0, 0.05) is 50.7 Å². The van der Waals surface area contributed by atoms with Crippen LogP contribution in [0.1, 0.15) is 137 Å². The Labute approximate surface area is 506 Å². The molecule has 0 aliphatic carbocycles. The highest BCUT2D eigenvalue weighted by Gasteiger charge is 2.28. The summed E-state index contributed by atoms with van der Waals surface area (Å²) in [6.07, 6.45) is 25.5. The van der Waals surface area contributed by atoms with E-state index in [4.69, 9.17) is 18.9 Å². The third kappa shape index (κ3) is 30.4. The van der Waals surface area contributed by atoms with Crippen molar-refractivity contribution in [3.63, 3.8) is 0 Å². The Balaban J connectivity index is 1.83. The topological polar surface area (TPSA) is 314 Å². The van der Waals surface area contributed by atoms with Crippen molar-refractivity contribution in [2.45, 2.75) is 178 Å². The number of phenolic OH excluding ortho intramolecular Hbond substituents is 2. The molecule has 1 aliphatic heterocycles. The number of methoxy groups -OCH3 is 2. The van der Waals surface area contributed by atoms with Gasteiger partial charge in [-0.05, 0) is 89.5 Å². The van der Waals surface area contributed by atoms with Crippen LogP contribution in [0.5, 0.6) is 23.0 Å². The maximum Gasteiger partial charge on any atom is 0.342 e. The van der Waals surface area contributed by atoms with E-state index in [2.05, 4.69) is 0 Å². The average molecular weight is 1200 g/mol. The zero-order valence-corrected chi connectivity index (χ0v) is 50.2. The summed E-state index contributed by atoms with van der Waals surface area (Å²) in [4.78, 5) is 27.6. The minimum atomic E-state index is -1.09. The van der Waals surface area contributed by atoms with Gasteiger partial charge in [0.1, 0.15) is 46.3 Å². The van der Waals surface area contributed by atoms with Crippen LogP contribution in [-0.2, 0) is 9.47 Å². The van der Waals surface area contributed by atoms with Crippen LogP contribution in [0.4, 0.5) is 0 Å². The minimum absolute atomic E-state index is 0.00104. The van der Waals surface area contributed by atoms with Crippen LogP contribution in [-0.4, -0.2) is 161 Å². The highest BCUT2D eigenvalue weighted by molar-refractivity contribution is 5.98. The van der Waals surface area contributed by atoms with Gasteiger partial charge in [-0.15, -0.1) is 0 Å². The van der Waals surface area contributed by atoms with Crippen LogP contribution in [0.25, 0.3) is 12.2 Å². The van der Waals surface area contributed by atoms with Crippen LogP contribution in [0.2, 0.25) is 0 Å². The summed E-state index contributed by atoms with van der Waals surface area (Å²) in [7, 11) is 2.67. The average Bonchev–Trinajstić information content (AvgIpc) is 1.53. The summed E-state index contributed by atoms with van der Waals surface area (Å²) in [6.45, 7) is 6.71. The summed E-state index contributed by atoms with van der Waals surface area (Å²) < 4.78 is 22.5. The molecule has 12 atom stereocenters. The molecule has 0 spiro atoms. The normalized spacial score (nSPS) is 25.9. The summed E-state index contributed by atoms with van der Waals surface area (Å²) in [5.74, 6) is -1.90. The minimum Gasteiger partial charge on any atom is -0.508 e. The second kappa shape index (κ2) is 40.4. The molecule has 0 saturated carbocycles. The molecule has 18 nitrogen and oxygen atoms in total. The van der Waals surface area contributed by atoms with E-state index >= 15 is 0 Å². The third-order valence-corrected chi connectivity index (χ3v) is 13.3. The van der Waals surface area contributed by atoms with E-state index in [0.717, 1.165) is 11.1 Å². The first kappa shape index (κ1) is 73.3. The second-order valence-corrected chi connectivity index (χ2v) is 21.7. The summed E-state index contributed by atoms with van der Waals surface area (Å²) in [5, 5.41) is 127. The number of carbonyl (C=O) groups excluding carboxylic acids is 2. The van der Waals surface area contributed by atoms with Crippen LogP contribution in [0.3, 0.4) is 0 Å². The predicted octanol–water partition coefficient (Wildman–Crippen LogP) is 8.58. The van der Waals surface area contributed by atoms with Crippen molar-refractivity contribution in [1.29, 1.82) is 0 Å². The van der Waals surface area contributed by atoms with E-state index in [-0.39, 0.29) is 122 Å². The van der Waals surface area contributed by atoms with Crippen molar-refractivity contribution in [2.75, 3.05) is 14.2 Å². The number of hydrogen-bond donors (Lipinski definition) is 12. The van der Waals surface area contributed by atoms with E-state index in [1.807, 2.05) is 26.0 Å². The largest absolute Gasteiger partial charge is 0.508 e. The van der Waals surface area contributed by atoms with E-state index < -0.39 is 85.2 Å². The van der Waals surface area contributed by atoms with Crippen LogP contribution < -0.4 is 9.47 Å². The van der Waals surface area contributed by atoms with E-state index in [0.29, 0.717) is 0 Å².